The van der Waals surface area contributed by atoms with Crippen LogP contribution in [-0.2, 0) is 0 Å². The van der Waals surface area contributed by atoms with Crippen LogP contribution < -0.4 is 22.9 Å². The fraction of sp³-hybridized carbons (Fsp3) is 0.519. The standard InChI is InChI=1S/C27H39N5/c1-32-13-12-17-2-4-18(5-3-17)19-6-8-20(9-7-19)21-10-11-23(24(28)14-21)22-15-25(29)27(31)26(30)16-22/h10-11,14-20H,1-9,12-13,28-31H2. The molecule has 2 aliphatic carbocycles. The van der Waals surface area contributed by atoms with Crippen molar-refractivity contribution in [2.45, 2.75) is 63.7 Å². The van der Waals surface area contributed by atoms with Crippen LogP contribution in [0.3, 0.4) is 0 Å². The molecule has 0 saturated heterocycles. The number of aliphatic imine (C=N–C) groups is 1. The minimum absolute atomic E-state index is 0.433. The molecule has 0 heterocycles. The lowest BCUT2D eigenvalue weighted by molar-refractivity contribution is 0.157. The third-order valence-corrected chi connectivity index (χ3v) is 8.13. The Labute approximate surface area is 192 Å². The minimum Gasteiger partial charge on any atom is -0.398 e. The van der Waals surface area contributed by atoms with Gasteiger partial charge in [-0.1, -0.05) is 25.0 Å². The number of nitrogens with zero attached hydrogens (tertiary/aromatic N) is 1. The highest BCUT2D eigenvalue weighted by Gasteiger charge is 2.31. The SMILES string of the molecule is C=NCCC1CCC(C2CCC(c3ccc(-c4cc(N)c(N)c(N)c4)c(N)c3)CC2)CC1. The van der Waals surface area contributed by atoms with E-state index in [1.165, 1.54) is 63.4 Å². The Balaban J connectivity index is 1.35. The summed E-state index contributed by atoms with van der Waals surface area (Å²) in [6.07, 6.45) is 12.1. The van der Waals surface area contributed by atoms with E-state index in [1.54, 1.807) is 0 Å². The van der Waals surface area contributed by atoms with Gasteiger partial charge in [-0.2, -0.15) is 0 Å². The molecule has 2 fully saturated rings. The van der Waals surface area contributed by atoms with Crippen LogP contribution in [-0.4, -0.2) is 13.3 Å². The zero-order valence-electron chi connectivity index (χ0n) is 19.2. The second-order valence-corrected chi connectivity index (χ2v) is 10.0. The van der Waals surface area contributed by atoms with Crippen molar-refractivity contribution in [1.82, 2.24) is 0 Å². The van der Waals surface area contributed by atoms with Gasteiger partial charge < -0.3 is 27.9 Å². The fourth-order valence-electron chi connectivity index (χ4n) is 6.10. The topological polar surface area (TPSA) is 116 Å². The van der Waals surface area contributed by atoms with E-state index in [0.29, 0.717) is 23.0 Å². The number of hydrogen-bond donors (Lipinski definition) is 4. The van der Waals surface area contributed by atoms with Crippen LogP contribution in [0.1, 0.15) is 69.3 Å². The molecule has 5 heteroatoms. The molecule has 0 spiro atoms. The maximum absolute atomic E-state index is 6.47. The molecule has 2 aromatic rings. The first-order chi connectivity index (χ1) is 15.5. The Kier molecular flexibility index (Phi) is 6.92. The molecule has 2 saturated carbocycles. The van der Waals surface area contributed by atoms with Crippen LogP contribution in [0.5, 0.6) is 0 Å². The Hall–Kier alpha value is -2.69. The molecule has 0 aliphatic heterocycles. The van der Waals surface area contributed by atoms with Crippen molar-refractivity contribution in [1.29, 1.82) is 0 Å². The molecule has 0 radical (unpaired) electrons. The summed E-state index contributed by atoms with van der Waals surface area (Å²) in [6, 6.07) is 10.2. The molecule has 2 aromatic carbocycles. The first kappa shape index (κ1) is 22.5. The van der Waals surface area contributed by atoms with Crippen molar-refractivity contribution in [2.24, 2.45) is 22.7 Å². The van der Waals surface area contributed by atoms with E-state index < -0.39 is 0 Å². The van der Waals surface area contributed by atoms with Gasteiger partial charge in [0, 0.05) is 17.8 Å². The van der Waals surface area contributed by atoms with Crippen molar-refractivity contribution in [2.75, 3.05) is 29.5 Å². The second kappa shape index (κ2) is 9.85. The molecule has 8 N–H and O–H groups in total. The highest BCUT2D eigenvalue weighted by atomic mass is 14.7. The van der Waals surface area contributed by atoms with E-state index in [2.05, 4.69) is 29.9 Å². The number of benzene rings is 2. The monoisotopic (exact) mass is 433 g/mol. The molecular formula is C27H39N5. The van der Waals surface area contributed by atoms with E-state index in [9.17, 15) is 0 Å². The summed E-state index contributed by atoms with van der Waals surface area (Å²) in [4.78, 5) is 4.04. The Bertz CT molecular complexity index is 914. The smallest absolute Gasteiger partial charge is 0.0781 e. The Morgan fingerprint density at radius 2 is 1.34 bits per heavy atom. The molecule has 0 aromatic heterocycles. The zero-order valence-corrected chi connectivity index (χ0v) is 19.2. The van der Waals surface area contributed by atoms with Gasteiger partial charge in [-0.15, -0.1) is 0 Å². The summed E-state index contributed by atoms with van der Waals surface area (Å²) in [7, 11) is 0. The van der Waals surface area contributed by atoms with Crippen LogP contribution in [0.2, 0.25) is 0 Å². The molecule has 0 unspecified atom stereocenters. The summed E-state index contributed by atoms with van der Waals surface area (Å²) < 4.78 is 0. The van der Waals surface area contributed by atoms with Gasteiger partial charge in [0.2, 0.25) is 0 Å². The lowest BCUT2D eigenvalue weighted by Gasteiger charge is -2.38. The summed E-state index contributed by atoms with van der Waals surface area (Å²) in [5.74, 6) is 3.32. The molecule has 0 amide bonds. The molecule has 4 rings (SSSR count). The lowest BCUT2D eigenvalue weighted by Crippen LogP contribution is -2.25. The Morgan fingerprint density at radius 3 is 1.91 bits per heavy atom. The average Bonchev–Trinajstić information content (AvgIpc) is 2.81. The molecule has 32 heavy (non-hydrogen) atoms. The van der Waals surface area contributed by atoms with Crippen molar-refractivity contribution in [3.8, 4) is 11.1 Å². The van der Waals surface area contributed by atoms with Crippen LogP contribution in [0, 0.1) is 17.8 Å². The van der Waals surface area contributed by atoms with E-state index in [0.717, 1.165) is 41.1 Å². The number of hydrogen-bond acceptors (Lipinski definition) is 5. The average molecular weight is 434 g/mol. The Morgan fingerprint density at radius 1 is 0.750 bits per heavy atom. The molecule has 0 bridgehead atoms. The van der Waals surface area contributed by atoms with Gasteiger partial charge in [-0.05, 0) is 105 Å². The maximum Gasteiger partial charge on any atom is 0.0781 e. The van der Waals surface area contributed by atoms with Crippen LogP contribution >= 0.6 is 0 Å². The number of nitrogens with two attached hydrogens (primary N) is 4. The summed E-state index contributed by atoms with van der Waals surface area (Å²) in [5, 5.41) is 0. The van der Waals surface area contributed by atoms with Crippen molar-refractivity contribution in [3.05, 3.63) is 35.9 Å². The predicted molar refractivity (Wildman–Crippen MR) is 139 cm³/mol. The summed E-state index contributed by atoms with van der Waals surface area (Å²) in [5.41, 5.74) is 29.8. The number of rotatable bonds is 6. The van der Waals surface area contributed by atoms with Gasteiger partial charge in [-0.3, -0.25) is 0 Å². The van der Waals surface area contributed by atoms with Crippen molar-refractivity contribution >= 4 is 29.5 Å². The van der Waals surface area contributed by atoms with Crippen molar-refractivity contribution < 1.29 is 0 Å². The first-order valence-electron chi connectivity index (χ1n) is 12.2. The molecular weight excluding hydrogens is 394 g/mol. The predicted octanol–water partition coefficient (Wildman–Crippen LogP) is 5.85. The highest BCUT2D eigenvalue weighted by molar-refractivity contribution is 5.87. The van der Waals surface area contributed by atoms with Crippen LogP contribution in [0.25, 0.3) is 11.1 Å². The molecule has 172 valence electrons. The first-order valence-corrected chi connectivity index (χ1v) is 12.2. The summed E-state index contributed by atoms with van der Waals surface area (Å²) in [6.45, 7) is 4.56. The third kappa shape index (κ3) is 4.87. The van der Waals surface area contributed by atoms with Gasteiger partial charge in [0.1, 0.15) is 0 Å². The summed E-state index contributed by atoms with van der Waals surface area (Å²) >= 11 is 0. The molecule has 2 aliphatic rings. The van der Waals surface area contributed by atoms with Gasteiger partial charge in [0.05, 0.1) is 17.1 Å². The fourth-order valence-corrected chi connectivity index (χ4v) is 6.10. The second-order valence-electron chi connectivity index (χ2n) is 10.0. The molecule has 5 nitrogen and oxygen atoms in total. The minimum atomic E-state index is 0.433. The van der Waals surface area contributed by atoms with Gasteiger partial charge >= 0.3 is 0 Å². The van der Waals surface area contributed by atoms with Gasteiger partial charge in [0.25, 0.3) is 0 Å². The van der Waals surface area contributed by atoms with E-state index in [4.69, 9.17) is 22.9 Å². The van der Waals surface area contributed by atoms with E-state index in [-0.39, 0.29) is 0 Å². The largest absolute Gasteiger partial charge is 0.398 e. The number of anilines is 4. The van der Waals surface area contributed by atoms with Crippen molar-refractivity contribution in [3.63, 3.8) is 0 Å². The lowest BCUT2D eigenvalue weighted by atomic mass is 9.68. The molecule has 0 atom stereocenters. The quantitative estimate of drug-likeness (QED) is 0.337. The maximum atomic E-state index is 6.47. The van der Waals surface area contributed by atoms with Crippen LogP contribution in [0.4, 0.5) is 22.7 Å². The van der Waals surface area contributed by atoms with E-state index >= 15 is 0 Å². The zero-order chi connectivity index (χ0) is 22.7. The normalized spacial score (nSPS) is 26.0. The van der Waals surface area contributed by atoms with Gasteiger partial charge in [-0.25, -0.2) is 0 Å². The van der Waals surface area contributed by atoms with Crippen LogP contribution in [0.15, 0.2) is 35.3 Å². The third-order valence-electron chi connectivity index (χ3n) is 8.13. The number of nitrogen functional groups attached to an aromatic ring is 4. The van der Waals surface area contributed by atoms with E-state index in [1.807, 2.05) is 12.1 Å². The van der Waals surface area contributed by atoms with Gasteiger partial charge in [0.15, 0.2) is 0 Å². The highest BCUT2D eigenvalue weighted by Crippen LogP contribution is 2.45.